The summed E-state index contributed by atoms with van der Waals surface area (Å²) in [4.78, 5) is 14.7. The number of fused-ring (bicyclic) bond motifs is 1. The first-order valence-corrected chi connectivity index (χ1v) is 23.9. The molecule has 1 fully saturated rings. The van der Waals surface area contributed by atoms with Crippen LogP contribution < -0.4 is 9.82 Å². The molecule has 2 aromatic heterocycles. The van der Waals surface area contributed by atoms with Gasteiger partial charge in [-0.3, -0.25) is 5.09 Å². The molecule has 7 atom stereocenters. The summed E-state index contributed by atoms with van der Waals surface area (Å²) in [7, 11) is 2.48. The lowest BCUT2D eigenvalue weighted by Crippen LogP contribution is -2.32. The monoisotopic (exact) mass is 893 g/mol. The number of nitrogens with zero attached hydrogens (tertiary/aromatic N) is 4. The maximum absolute atomic E-state index is 5.69. The number of imidazole rings is 1. The van der Waals surface area contributed by atoms with Crippen molar-refractivity contribution in [2.75, 3.05) is 17.7 Å². The first-order valence-electron chi connectivity index (χ1n) is 21.2. The number of benzene rings is 3. The number of aryl methyl sites for hydroxylation is 3. The average molecular weight is 894 g/mol. The lowest BCUT2D eigenvalue weighted by atomic mass is 9.63. The predicted octanol–water partition coefficient (Wildman–Crippen LogP) is 11.8. The zero-order valence-corrected chi connectivity index (χ0v) is 37.7. The number of halogens is 1. The number of alkyl halides is 1. The van der Waals surface area contributed by atoms with Crippen molar-refractivity contribution in [3.8, 4) is 5.75 Å². The van der Waals surface area contributed by atoms with Crippen LogP contribution in [0.25, 0.3) is 11.2 Å². The third-order valence-electron chi connectivity index (χ3n) is 12.7. The molecule has 1 saturated carbocycles. The SMILES string of the molecule is COc1ccc(C(CCC2CC(n3cnc4c(CCCI)ncnc43)C(CCc3ccccc3)[C@@H]2CPNC(C)C)(C2=CCC(C)C=C2)c2ccc(C)cc2)cc1. The highest BCUT2D eigenvalue weighted by Gasteiger charge is 2.46. The van der Waals surface area contributed by atoms with Crippen LogP contribution in [0.5, 0.6) is 5.75 Å². The van der Waals surface area contributed by atoms with Gasteiger partial charge in [0.15, 0.2) is 5.65 Å². The Morgan fingerprint density at radius 1 is 0.930 bits per heavy atom. The molecule has 0 radical (unpaired) electrons. The van der Waals surface area contributed by atoms with Crippen molar-refractivity contribution in [1.82, 2.24) is 24.6 Å². The number of allylic oxidation sites excluding steroid dienone is 4. The van der Waals surface area contributed by atoms with Crippen molar-refractivity contribution in [1.29, 1.82) is 0 Å². The summed E-state index contributed by atoms with van der Waals surface area (Å²) >= 11 is 2.46. The van der Waals surface area contributed by atoms with E-state index in [1.54, 1.807) is 13.4 Å². The normalized spacial score (nSPS) is 22.1. The van der Waals surface area contributed by atoms with Gasteiger partial charge in [-0.25, -0.2) is 15.0 Å². The minimum Gasteiger partial charge on any atom is -0.497 e. The fourth-order valence-electron chi connectivity index (χ4n) is 9.68. The van der Waals surface area contributed by atoms with E-state index in [9.17, 15) is 0 Å². The molecule has 7 rings (SSSR count). The third-order valence-corrected chi connectivity index (χ3v) is 14.9. The molecule has 0 saturated heterocycles. The van der Waals surface area contributed by atoms with E-state index in [0.29, 0.717) is 35.8 Å². The Bertz CT molecular complexity index is 2100. The van der Waals surface area contributed by atoms with Crippen LogP contribution in [-0.4, -0.2) is 43.3 Å². The summed E-state index contributed by atoms with van der Waals surface area (Å²) in [5.74, 6) is 3.02. The van der Waals surface area contributed by atoms with Gasteiger partial charge in [0.2, 0.25) is 0 Å². The average Bonchev–Trinajstić information content (AvgIpc) is 3.82. The number of methoxy groups -OCH3 is 1. The standard InChI is InChI=1S/C49H61IN5OP/c1-34(2)54-57-31-44-38(27-28-49(39-18-13-35(3)14-19-39,40-20-15-36(4)16-21-40)41-22-24-42(56-5)25-23-41)30-46(43(44)26-17-37-10-7-6-8-11-37)55-33-53-47-45(12-9-29-50)51-32-52-48(47)55/h6-8,10-11,13-15,18-25,32-34,36,38,43-44,46,54,57H,9,12,16-17,26-31H2,1-5H3/t36?,38?,43?,44-,46?,49?/m1/s1. The van der Waals surface area contributed by atoms with Gasteiger partial charge >= 0.3 is 0 Å². The van der Waals surface area contributed by atoms with Crippen molar-refractivity contribution >= 4 is 42.5 Å². The molecular weight excluding hydrogens is 832 g/mol. The largest absolute Gasteiger partial charge is 0.497 e. The summed E-state index contributed by atoms with van der Waals surface area (Å²) in [5.41, 5.74) is 9.61. The first-order chi connectivity index (χ1) is 27.8. The van der Waals surface area contributed by atoms with Crippen molar-refractivity contribution in [2.24, 2.45) is 23.7 Å². The van der Waals surface area contributed by atoms with E-state index in [0.717, 1.165) is 87.1 Å². The van der Waals surface area contributed by atoms with E-state index in [-0.39, 0.29) is 5.41 Å². The Kier molecular flexibility index (Phi) is 14.3. The van der Waals surface area contributed by atoms with E-state index < -0.39 is 0 Å². The molecule has 3 aromatic carbocycles. The Hall–Kier alpha value is -3.39. The maximum Gasteiger partial charge on any atom is 0.163 e. The van der Waals surface area contributed by atoms with Gasteiger partial charge in [0, 0.05) is 17.5 Å². The second-order valence-corrected chi connectivity index (χ2v) is 18.9. The predicted molar refractivity (Wildman–Crippen MR) is 248 cm³/mol. The fourth-order valence-corrected chi connectivity index (χ4v) is 11.5. The minimum atomic E-state index is -0.292. The van der Waals surface area contributed by atoms with Crippen LogP contribution in [0.1, 0.15) is 93.3 Å². The van der Waals surface area contributed by atoms with E-state index in [1.165, 1.54) is 34.0 Å². The van der Waals surface area contributed by atoms with Gasteiger partial charge in [0.25, 0.3) is 0 Å². The summed E-state index contributed by atoms with van der Waals surface area (Å²) in [6, 6.07) is 30.2. The number of hydrogen-bond acceptors (Lipinski definition) is 5. The van der Waals surface area contributed by atoms with Crippen LogP contribution in [0.4, 0.5) is 0 Å². The molecule has 2 aliphatic carbocycles. The van der Waals surface area contributed by atoms with Crippen LogP contribution in [-0.2, 0) is 18.3 Å². The number of ether oxygens (including phenoxy) is 1. The smallest absolute Gasteiger partial charge is 0.163 e. The van der Waals surface area contributed by atoms with Gasteiger partial charge in [-0.15, -0.1) is 0 Å². The van der Waals surface area contributed by atoms with Gasteiger partial charge in [0.1, 0.15) is 17.6 Å². The van der Waals surface area contributed by atoms with Gasteiger partial charge in [-0.1, -0.05) is 129 Å². The Morgan fingerprint density at radius 2 is 1.68 bits per heavy atom. The number of rotatable bonds is 18. The van der Waals surface area contributed by atoms with Gasteiger partial charge in [-0.2, -0.15) is 0 Å². The molecule has 6 unspecified atom stereocenters. The number of aromatic nitrogens is 4. The zero-order valence-electron chi connectivity index (χ0n) is 34.5. The van der Waals surface area contributed by atoms with Crippen molar-refractivity contribution in [3.63, 3.8) is 0 Å². The Morgan fingerprint density at radius 3 is 2.37 bits per heavy atom. The molecule has 0 bridgehead atoms. The highest BCUT2D eigenvalue weighted by Crippen LogP contribution is 2.54. The minimum absolute atomic E-state index is 0.292. The molecule has 0 aliphatic heterocycles. The Balaban J connectivity index is 1.31. The van der Waals surface area contributed by atoms with Crippen LogP contribution in [0.15, 0.2) is 115 Å². The van der Waals surface area contributed by atoms with Crippen molar-refractivity contribution in [3.05, 3.63) is 143 Å². The molecule has 0 amide bonds. The van der Waals surface area contributed by atoms with Crippen LogP contribution in [0.3, 0.4) is 0 Å². The molecule has 2 heterocycles. The number of hydrogen-bond donors (Lipinski definition) is 1. The summed E-state index contributed by atoms with van der Waals surface area (Å²) in [6.45, 7) is 9.08. The second-order valence-electron chi connectivity index (χ2n) is 16.8. The van der Waals surface area contributed by atoms with Gasteiger partial charge in [0.05, 0.1) is 19.1 Å². The zero-order chi connectivity index (χ0) is 39.8. The number of nitrogens with one attached hydrogen (secondary N) is 1. The van der Waals surface area contributed by atoms with E-state index in [4.69, 9.17) is 19.7 Å². The molecule has 300 valence electrons. The van der Waals surface area contributed by atoms with Crippen LogP contribution in [0, 0.1) is 30.6 Å². The third kappa shape index (κ3) is 9.58. The van der Waals surface area contributed by atoms with E-state index >= 15 is 0 Å². The first kappa shape index (κ1) is 41.8. The quantitative estimate of drug-likeness (QED) is 0.0539. The highest BCUT2D eigenvalue weighted by molar-refractivity contribution is 14.1. The second kappa shape index (κ2) is 19.6. The molecule has 57 heavy (non-hydrogen) atoms. The molecule has 8 heteroatoms. The molecule has 5 aromatic rings. The topological polar surface area (TPSA) is 64.9 Å². The fraction of sp³-hybridized carbons (Fsp3) is 0.449. The lowest BCUT2D eigenvalue weighted by Gasteiger charge is -2.40. The molecule has 1 N–H and O–H groups in total. The molecule has 2 aliphatic rings. The lowest BCUT2D eigenvalue weighted by molar-refractivity contribution is 0.278. The summed E-state index contributed by atoms with van der Waals surface area (Å²) in [5, 5.41) is 3.85. The van der Waals surface area contributed by atoms with Gasteiger partial charge in [-0.05, 0) is 141 Å². The van der Waals surface area contributed by atoms with E-state index in [2.05, 4.69) is 163 Å². The van der Waals surface area contributed by atoms with E-state index in [1.807, 2.05) is 0 Å². The molecule has 0 spiro atoms. The van der Waals surface area contributed by atoms with Crippen LogP contribution >= 0.6 is 31.3 Å². The van der Waals surface area contributed by atoms with Gasteiger partial charge < -0.3 is 9.30 Å². The Labute approximate surface area is 356 Å². The van der Waals surface area contributed by atoms with Crippen molar-refractivity contribution in [2.45, 2.75) is 96.6 Å². The highest BCUT2D eigenvalue weighted by atomic mass is 127. The van der Waals surface area contributed by atoms with Crippen molar-refractivity contribution < 1.29 is 4.74 Å². The summed E-state index contributed by atoms with van der Waals surface area (Å²) in [6.07, 6.45) is 21.0. The molecular formula is C49H61IN5OP. The molecule has 6 nitrogen and oxygen atoms in total. The van der Waals surface area contributed by atoms with Crippen LogP contribution in [0.2, 0.25) is 0 Å². The maximum atomic E-state index is 5.69. The summed E-state index contributed by atoms with van der Waals surface area (Å²) < 4.78 is 9.27.